The van der Waals surface area contributed by atoms with Gasteiger partial charge in [-0.15, -0.1) is 11.3 Å². The molecule has 2 aromatic heterocycles. The van der Waals surface area contributed by atoms with E-state index in [2.05, 4.69) is 10.3 Å². The minimum Gasteiger partial charge on any atom is -0.347 e. The second-order valence-electron chi connectivity index (χ2n) is 6.99. The van der Waals surface area contributed by atoms with Crippen molar-refractivity contribution in [3.8, 4) is 0 Å². The van der Waals surface area contributed by atoms with Crippen molar-refractivity contribution in [1.29, 1.82) is 0 Å². The van der Waals surface area contributed by atoms with Crippen molar-refractivity contribution < 1.29 is 26.4 Å². The lowest BCUT2D eigenvalue weighted by atomic mass is 10.2. The molecule has 0 atom stereocenters. The average molecular weight is 511 g/mol. The molecule has 0 spiro atoms. The van der Waals surface area contributed by atoms with Crippen LogP contribution in [0.4, 0.5) is 13.2 Å². The highest BCUT2D eigenvalue weighted by Gasteiger charge is 2.34. The number of sulfone groups is 1. The highest BCUT2D eigenvalue weighted by atomic mass is 35.5. The number of nitrogens with one attached hydrogen (secondary N) is 1. The van der Waals surface area contributed by atoms with Crippen LogP contribution in [0.25, 0.3) is 10.1 Å². The highest BCUT2D eigenvalue weighted by molar-refractivity contribution is 7.91. The van der Waals surface area contributed by atoms with Gasteiger partial charge in [-0.05, 0) is 53.4 Å². The Hall–Kier alpha value is -2.95. The van der Waals surface area contributed by atoms with Gasteiger partial charge in [0.25, 0.3) is 5.91 Å². The molecule has 2 heterocycles. The minimum atomic E-state index is -4.78. The number of alkyl halides is 3. The molecule has 0 radical (unpaired) electrons. The van der Waals surface area contributed by atoms with E-state index in [1.54, 1.807) is 24.5 Å². The van der Waals surface area contributed by atoms with E-state index >= 15 is 0 Å². The highest BCUT2D eigenvalue weighted by Crippen LogP contribution is 2.37. The summed E-state index contributed by atoms with van der Waals surface area (Å²) in [5.41, 5.74) is -0.598. The fraction of sp³-hybridized carbons (Fsp3) is 0.0909. The van der Waals surface area contributed by atoms with Crippen molar-refractivity contribution >= 4 is 48.8 Å². The van der Waals surface area contributed by atoms with Crippen molar-refractivity contribution in [2.75, 3.05) is 0 Å². The first kappa shape index (κ1) is 23.2. The number of carbonyl (C=O) groups is 1. The first-order valence-electron chi connectivity index (χ1n) is 9.38. The molecule has 0 fully saturated rings. The molecule has 0 aliphatic carbocycles. The molecule has 0 bridgehead atoms. The Bertz CT molecular complexity index is 1420. The van der Waals surface area contributed by atoms with Gasteiger partial charge in [0.15, 0.2) is 0 Å². The minimum absolute atomic E-state index is 0.144. The molecule has 4 rings (SSSR count). The molecule has 0 saturated carbocycles. The van der Waals surface area contributed by atoms with Gasteiger partial charge in [0, 0.05) is 18.9 Å². The largest absolute Gasteiger partial charge is 0.417 e. The molecule has 2 aromatic carbocycles. The molecular formula is C22H14ClF3N2O3S2. The number of thiophene rings is 1. The lowest BCUT2D eigenvalue weighted by Gasteiger charge is -2.12. The first-order valence-corrected chi connectivity index (χ1v) is 12.1. The number of aromatic nitrogens is 1. The summed E-state index contributed by atoms with van der Waals surface area (Å²) in [6.45, 7) is 0.144. The molecule has 0 saturated heterocycles. The summed E-state index contributed by atoms with van der Waals surface area (Å²) in [4.78, 5) is 16.3. The molecule has 0 aliphatic rings. The second-order valence-corrected chi connectivity index (χ2v) is 10.4. The van der Waals surface area contributed by atoms with Gasteiger partial charge in [0.05, 0.1) is 30.0 Å². The van der Waals surface area contributed by atoms with E-state index in [1.807, 2.05) is 0 Å². The second kappa shape index (κ2) is 8.77. The van der Waals surface area contributed by atoms with Crippen LogP contribution in [0.15, 0.2) is 76.8 Å². The van der Waals surface area contributed by atoms with E-state index in [1.165, 1.54) is 35.6 Å². The summed E-state index contributed by atoms with van der Waals surface area (Å²) in [6, 6.07) is 11.6. The summed E-state index contributed by atoms with van der Waals surface area (Å²) in [5, 5.41) is 3.09. The van der Waals surface area contributed by atoms with E-state index in [-0.39, 0.29) is 17.3 Å². The van der Waals surface area contributed by atoms with Gasteiger partial charge < -0.3 is 5.32 Å². The maximum absolute atomic E-state index is 13.1. The van der Waals surface area contributed by atoms with Crippen molar-refractivity contribution in [3.05, 3.63) is 88.0 Å². The van der Waals surface area contributed by atoms with Gasteiger partial charge in [-0.25, -0.2) is 8.42 Å². The SMILES string of the molecule is O=C(NCc1ccc(S(=O)(=O)c2ccc(Cl)c(C(F)(F)F)c2)cc1)c1cc2ccncc2s1. The quantitative estimate of drug-likeness (QED) is 0.372. The third-order valence-electron chi connectivity index (χ3n) is 4.79. The van der Waals surface area contributed by atoms with Crippen molar-refractivity contribution in [2.45, 2.75) is 22.5 Å². The summed E-state index contributed by atoms with van der Waals surface area (Å²) in [5.74, 6) is -0.284. The van der Waals surface area contributed by atoms with Gasteiger partial charge in [-0.3, -0.25) is 9.78 Å². The van der Waals surface area contributed by atoms with Gasteiger partial charge in [0.2, 0.25) is 9.84 Å². The molecule has 0 aliphatic heterocycles. The number of fused-ring (bicyclic) bond motifs is 1. The van der Waals surface area contributed by atoms with Gasteiger partial charge in [-0.2, -0.15) is 13.2 Å². The summed E-state index contributed by atoms with van der Waals surface area (Å²) < 4.78 is 65.7. The Morgan fingerprint density at radius 1 is 1.03 bits per heavy atom. The Morgan fingerprint density at radius 3 is 2.39 bits per heavy atom. The summed E-state index contributed by atoms with van der Waals surface area (Å²) >= 11 is 6.88. The van der Waals surface area contributed by atoms with Crippen LogP contribution in [0, 0.1) is 0 Å². The van der Waals surface area contributed by atoms with E-state index in [0.717, 1.165) is 22.2 Å². The molecular weight excluding hydrogens is 497 g/mol. The van der Waals surface area contributed by atoms with Crippen molar-refractivity contribution in [3.63, 3.8) is 0 Å². The van der Waals surface area contributed by atoms with Gasteiger partial charge in [-0.1, -0.05) is 23.7 Å². The average Bonchev–Trinajstić information content (AvgIpc) is 3.21. The first-order chi connectivity index (χ1) is 15.6. The Morgan fingerprint density at radius 2 is 1.73 bits per heavy atom. The maximum Gasteiger partial charge on any atom is 0.417 e. The van der Waals surface area contributed by atoms with Crippen LogP contribution in [0.5, 0.6) is 0 Å². The summed E-state index contributed by atoms with van der Waals surface area (Å²) in [7, 11) is -4.19. The zero-order valence-electron chi connectivity index (χ0n) is 16.6. The number of carbonyl (C=O) groups excluding carboxylic acids is 1. The van der Waals surface area contributed by atoms with Crippen LogP contribution in [0.3, 0.4) is 0 Å². The van der Waals surface area contributed by atoms with Gasteiger partial charge in [0.1, 0.15) is 0 Å². The summed E-state index contributed by atoms with van der Waals surface area (Å²) in [6.07, 6.45) is -1.47. The van der Waals surface area contributed by atoms with Gasteiger partial charge >= 0.3 is 6.18 Å². The molecule has 4 aromatic rings. The molecule has 1 N–H and O–H groups in total. The van der Waals surface area contributed by atoms with E-state index < -0.39 is 31.5 Å². The predicted octanol–water partition coefficient (Wildman–Crippen LogP) is 5.73. The number of hydrogen-bond acceptors (Lipinski definition) is 5. The smallest absolute Gasteiger partial charge is 0.347 e. The van der Waals surface area contributed by atoms with Crippen LogP contribution in [0.2, 0.25) is 5.02 Å². The lowest BCUT2D eigenvalue weighted by molar-refractivity contribution is -0.137. The Kier molecular flexibility index (Phi) is 6.17. The van der Waals surface area contributed by atoms with E-state index in [4.69, 9.17) is 11.6 Å². The van der Waals surface area contributed by atoms with Crippen LogP contribution >= 0.6 is 22.9 Å². The number of nitrogens with zero attached hydrogens (tertiary/aromatic N) is 1. The number of amides is 1. The van der Waals surface area contributed by atoms with E-state index in [9.17, 15) is 26.4 Å². The third-order valence-corrected chi connectivity index (χ3v) is 7.97. The number of benzene rings is 2. The van der Waals surface area contributed by atoms with Crippen LogP contribution in [-0.2, 0) is 22.6 Å². The third kappa shape index (κ3) is 4.87. The fourth-order valence-electron chi connectivity index (χ4n) is 3.08. The van der Waals surface area contributed by atoms with Crippen LogP contribution < -0.4 is 5.32 Å². The standard InChI is InChI=1S/C22H14ClF3N2O3S2/c23-18-6-5-16(10-17(18)22(24,25)26)33(30,31)15-3-1-13(2-4-15)11-28-21(29)19-9-14-7-8-27-12-20(14)32-19/h1-10,12H,11H2,(H,28,29). The van der Waals surface area contributed by atoms with Crippen LogP contribution in [0.1, 0.15) is 20.8 Å². The molecule has 11 heteroatoms. The maximum atomic E-state index is 13.1. The zero-order valence-corrected chi connectivity index (χ0v) is 18.9. The fourth-order valence-corrected chi connectivity index (χ4v) is 5.53. The number of rotatable bonds is 5. The Balaban J connectivity index is 1.49. The molecule has 33 heavy (non-hydrogen) atoms. The number of halogens is 4. The van der Waals surface area contributed by atoms with E-state index in [0.29, 0.717) is 16.5 Å². The molecule has 5 nitrogen and oxygen atoms in total. The number of pyridine rings is 1. The van der Waals surface area contributed by atoms with Crippen molar-refractivity contribution in [1.82, 2.24) is 10.3 Å². The Labute approximate surface area is 195 Å². The van der Waals surface area contributed by atoms with Crippen LogP contribution in [-0.4, -0.2) is 19.3 Å². The predicted molar refractivity (Wildman–Crippen MR) is 119 cm³/mol. The van der Waals surface area contributed by atoms with Crippen molar-refractivity contribution in [2.24, 2.45) is 0 Å². The molecule has 170 valence electrons. The monoisotopic (exact) mass is 510 g/mol. The molecule has 1 amide bonds. The zero-order chi connectivity index (χ0) is 23.8. The normalized spacial score (nSPS) is 12.1. The number of hydrogen-bond donors (Lipinski definition) is 1. The topological polar surface area (TPSA) is 76.1 Å². The molecule has 0 unspecified atom stereocenters. The lowest BCUT2D eigenvalue weighted by Crippen LogP contribution is -2.21.